The van der Waals surface area contributed by atoms with Crippen LogP contribution in [0.1, 0.15) is 24.4 Å². The number of fused-ring (bicyclic) bond motifs is 1. The lowest BCUT2D eigenvalue weighted by atomic mass is 9.98. The Kier molecular flexibility index (Phi) is 1.96. The second kappa shape index (κ2) is 3.31. The molecule has 1 fully saturated rings. The molecule has 0 spiro atoms. The number of nitrogens with two attached hydrogens (primary N) is 1. The monoisotopic (exact) mass is 198 g/mol. The van der Waals surface area contributed by atoms with E-state index in [1.165, 1.54) is 29.2 Å². The first-order valence-electron chi connectivity index (χ1n) is 5.44. The van der Waals surface area contributed by atoms with Crippen LogP contribution in [0.4, 0.5) is 0 Å². The van der Waals surface area contributed by atoms with Crippen LogP contribution in [0, 0.1) is 5.92 Å². The average Bonchev–Trinajstić information content (AvgIpc) is 3.11. The minimum absolute atomic E-state index is 0.205. The van der Waals surface area contributed by atoms with Crippen LogP contribution in [0.5, 0.6) is 0 Å². The Morgan fingerprint density at radius 1 is 1.27 bits per heavy atom. The predicted molar refractivity (Wildman–Crippen MR) is 61.4 cm³/mol. The molecule has 15 heavy (non-hydrogen) atoms. The lowest BCUT2D eigenvalue weighted by Gasteiger charge is -2.13. The number of hydrogen-bond acceptors (Lipinski definition) is 2. The van der Waals surface area contributed by atoms with Gasteiger partial charge >= 0.3 is 0 Å². The highest BCUT2D eigenvalue weighted by molar-refractivity contribution is 5.85. The Labute approximate surface area is 89.1 Å². The molecule has 0 aliphatic heterocycles. The largest absolute Gasteiger partial charge is 0.324 e. The Morgan fingerprint density at radius 3 is 2.93 bits per heavy atom. The van der Waals surface area contributed by atoms with Crippen molar-refractivity contribution in [1.82, 2.24) is 4.98 Å². The van der Waals surface area contributed by atoms with E-state index in [0.29, 0.717) is 5.92 Å². The molecule has 2 heteroatoms. The van der Waals surface area contributed by atoms with Crippen LogP contribution in [0.25, 0.3) is 10.8 Å². The van der Waals surface area contributed by atoms with Gasteiger partial charge in [0.1, 0.15) is 0 Å². The average molecular weight is 198 g/mol. The van der Waals surface area contributed by atoms with Gasteiger partial charge in [-0.1, -0.05) is 18.2 Å². The van der Waals surface area contributed by atoms with Crippen LogP contribution in [0.3, 0.4) is 0 Å². The van der Waals surface area contributed by atoms with Crippen molar-refractivity contribution in [2.24, 2.45) is 11.7 Å². The molecule has 3 rings (SSSR count). The van der Waals surface area contributed by atoms with Crippen LogP contribution < -0.4 is 5.73 Å². The van der Waals surface area contributed by atoms with Crippen molar-refractivity contribution in [2.75, 3.05) is 0 Å². The molecular formula is C13H14N2. The molecule has 0 unspecified atom stereocenters. The summed E-state index contributed by atoms with van der Waals surface area (Å²) in [6, 6.07) is 8.57. The highest BCUT2D eigenvalue weighted by atomic mass is 14.7. The van der Waals surface area contributed by atoms with E-state index >= 15 is 0 Å². The molecule has 1 aliphatic carbocycles. The summed E-state index contributed by atoms with van der Waals surface area (Å²) in [6.45, 7) is 0. The van der Waals surface area contributed by atoms with Gasteiger partial charge in [0, 0.05) is 23.8 Å². The Hall–Kier alpha value is -1.41. The molecule has 0 saturated heterocycles. The van der Waals surface area contributed by atoms with E-state index in [0.717, 1.165) is 0 Å². The Balaban J connectivity index is 2.16. The van der Waals surface area contributed by atoms with Gasteiger partial charge in [-0.3, -0.25) is 4.98 Å². The minimum Gasteiger partial charge on any atom is -0.324 e. The van der Waals surface area contributed by atoms with Crippen LogP contribution in [0.15, 0.2) is 36.7 Å². The molecule has 0 bridgehead atoms. The van der Waals surface area contributed by atoms with Crippen molar-refractivity contribution in [2.45, 2.75) is 18.9 Å². The summed E-state index contributed by atoms with van der Waals surface area (Å²) in [4.78, 5) is 4.13. The normalized spacial score (nSPS) is 17.9. The van der Waals surface area contributed by atoms with Gasteiger partial charge < -0.3 is 5.73 Å². The highest BCUT2D eigenvalue weighted by Gasteiger charge is 2.30. The predicted octanol–water partition coefficient (Wildman–Crippen LogP) is 2.64. The molecule has 76 valence electrons. The molecule has 1 heterocycles. The van der Waals surface area contributed by atoms with Gasteiger partial charge in [0.25, 0.3) is 0 Å². The SMILES string of the molecule is N[C@H](c1cccc2cnccc12)C1CC1. The summed E-state index contributed by atoms with van der Waals surface area (Å²) in [6.07, 6.45) is 6.30. The van der Waals surface area contributed by atoms with Gasteiger partial charge in [-0.15, -0.1) is 0 Å². The quantitative estimate of drug-likeness (QED) is 0.805. The smallest absolute Gasteiger partial charge is 0.0346 e. The van der Waals surface area contributed by atoms with Gasteiger partial charge in [0.05, 0.1) is 0 Å². The van der Waals surface area contributed by atoms with Gasteiger partial charge in [-0.25, -0.2) is 0 Å². The Bertz CT molecular complexity index is 483. The van der Waals surface area contributed by atoms with Crippen molar-refractivity contribution in [3.05, 3.63) is 42.2 Å². The van der Waals surface area contributed by atoms with E-state index in [9.17, 15) is 0 Å². The van der Waals surface area contributed by atoms with Crippen LogP contribution >= 0.6 is 0 Å². The number of aromatic nitrogens is 1. The number of nitrogens with zero attached hydrogens (tertiary/aromatic N) is 1. The molecule has 0 amide bonds. The van der Waals surface area contributed by atoms with E-state index < -0.39 is 0 Å². The van der Waals surface area contributed by atoms with E-state index in [2.05, 4.69) is 29.2 Å². The minimum atomic E-state index is 0.205. The van der Waals surface area contributed by atoms with Crippen molar-refractivity contribution in [1.29, 1.82) is 0 Å². The molecule has 2 N–H and O–H groups in total. The topological polar surface area (TPSA) is 38.9 Å². The zero-order valence-electron chi connectivity index (χ0n) is 8.56. The molecule has 1 aromatic carbocycles. The van der Waals surface area contributed by atoms with Gasteiger partial charge in [-0.05, 0) is 35.8 Å². The van der Waals surface area contributed by atoms with E-state index in [1.807, 2.05) is 12.4 Å². The third-order valence-electron chi connectivity index (χ3n) is 3.20. The molecule has 1 aromatic heterocycles. The summed E-state index contributed by atoms with van der Waals surface area (Å²) >= 11 is 0. The molecule has 1 saturated carbocycles. The summed E-state index contributed by atoms with van der Waals surface area (Å²) in [5.74, 6) is 0.698. The van der Waals surface area contributed by atoms with E-state index in [1.54, 1.807) is 0 Å². The fourth-order valence-electron chi connectivity index (χ4n) is 2.15. The van der Waals surface area contributed by atoms with E-state index in [4.69, 9.17) is 5.73 Å². The summed E-state index contributed by atoms with van der Waals surface area (Å²) in [7, 11) is 0. The standard InChI is InChI=1S/C13H14N2/c14-13(9-4-5-9)12-3-1-2-10-8-15-7-6-11(10)12/h1-3,6-9,13H,4-5,14H2/t13-/m0/s1. The van der Waals surface area contributed by atoms with Crippen molar-refractivity contribution in [3.8, 4) is 0 Å². The van der Waals surface area contributed by atoms with Gasteiger partial charge in [0.2, 0.25) is 0 Å². The van der Waals surface area contributed by atoms with Crippen LogP contribution in [-0.2, 0) is 0 Å². The van der Waals surface area contributed by atoms with E-state index in [-0.39, 0.29) is 6.04 Å². The fraction of sp³-hybridized carbons (Fsp3) is 0.308. The molecule has 2 nitrogen and oxygen atoms in total. The Morgan fingerprint density at radius 2 is 2.13 bits per heavy atom. The van der Waals surface area contributed by atoms with Crippen molar-refractivity contribution < 1.29 is 0 Å². The van der Waals surface area contributed by atoms with Crippen LogP contribution in [-0.4, -0.2) is 4.98 Å². The zero-order chi connectivity index (χ0) is 10.3. The summed E-state index contributed by atoms with van der Waals surface area (Å²) in [5.41, 5.74) is 7.52. The molecule has 1 aliphatic rings. The summed E-state index contributed by atoms with van der Waals surface area (Å²) < 4.78 is 0. The maximum absolute atomic E-state index is 6.25. The van der Waals surface area contributed by atoms with Crippen molar-refractivity contribution >= 4 is 10.8 Å². The third kappa shape index (κ3) is 1.51. The number of rotatable bonds is 2. The molecule has 2 aromatic rings. The first-order valence-corrected chi connectivity index (χ1v) is 5.44. The van der Waals surface area contributed by atoms with Gasteiger partial charge in [-0.2, -0.15) is 0 Å². The summed E-state index contributed by atoms with van der Waals surface area (Å²) in [5, 5.41) is 2.44. The fourth-order valence-corrected chi connectivity index (χ4v) is 2.15. The number of benzene rings is 1. The lowest BCUT2D eigenvalue weighted by molar-refractivity contribution is 0.638. The maximum Gasteiger partial charge on any atom is 0.0346 e. The number of pyridine rings is 1. The van der Waals surface area contributed by atoms with Gasteiger partial charge in [0.15, 0.2) is 0 Å². The third-order valence-corrected chi connectivity index (χ3v) is 3.20. The lowest BCUT2D eigenvalue weighted by Crippen LogP contribution is -2.12. The second-order valence-electron chi connectivity index (χ2n) is 4.31. The first kappa shape index (κ1) is 8.86. The number of hydrogen-bond donors (Lipinski definition) is 1. The molecular weight excluding hydrogens is 184 g/mol. The zero-order valence-corrected chi connectivity index (χ0v) is 8.56. The first-order chi connectivity index (χ1) is 7.36. The van der Waals surface area contributed by atoms with Crippen LogP contribution in [0.2, 0.25) is 0 Å². The second-order valence-corrected chi connectivity index (χ2v) is 4.31. The maximum atomic E-state index is 6.25. The molecule has 0 radical (unpaired) electrons. The highest BCUT2D eigenvalue weighted by Crippen LogP contribution is 2.41. The molecule has 1 atom stereocenters. The van der Waals surface area contributed by atoms with Crippen molar-refractivity contribution in [3.63, 3.8) is 0 Å².